The van der Waals surface area contributed by atoms with Crippen LogP contribution in [0, 0.1) is 0 Å². The molecule has 0 N–H and O–H groups in total. The highest BCUT2D eigenvalue weighted by Crippen LogP contribution is 2.32. The minimum atomic E-state index is -0.386. The van der Waals surface area contributed by atoms with Crippen LogP contribution in [0.5, 0.6) is 0 Å². The van der Waals surface area contributed by atoms with Gasteiger partial charge >= 0.3 is 0 Å². The number of piperidine rings is 1. The third-order valence-corrected chi connectivity index (χ3v) is 5.65. The van der Waals surface area contributed by atoms with Crippen molar-refractivity contribution in [1.29, 1.82) is 0 Å². The van der Waals surface area contributed by atoms with E-state index in [1.54, 1.807) is 18.2 Å². The molecule has 0 atom stereocenters. The molecular weight excluding hydrogens is 385 g/mol. The van der Waals surface area contributed by atoms with E-state index in [4.69, 9.17) is 32.7 Å². The highest BCUT2D eigenvalue weighted by molar-refractivity contribution is 6.35. The summed E-state index contributed by atoms with van der Waals surface area (Å²) >= 11 is 12.1. The van der Waals surface area contributed by atoms with Gasteiger partial charge in [0, 0.05) is 53.6 Å². The first-order chi connectivity index (χ1) is 13.0. The van der Waals surface area contributed by atoms with E-state index in [-0.39, 0.29) is 11.6 Å². The van der Waals surface area contributed by atoms with E-state index < -0.39 is 0 Å². The van der Waals surface area contributed by atoms with Crippen molar-refractivity contribution in [2.24, 2.45) is 0 Å². The zero-order valence-corrected chi connectivity index (χ0v) is 16.4. The second-order valence-electron chi connectivity index (χ2n) is 7.03. The first-order valence-corrected chi connectivity index (χ1v) is 9.89. The third-order valence-electron chi connectivity index (χ3n) is 5.21. The minimum Gasteiger partial charge on any atom is -0.347 e. The van der Waals surface area contributed by atoms with E-state index in [0.717, 1.165) is 31.5 Å². The number of halogens is 2. The number of rotatable bonds is 4. The first-order valence-electron chi connectivity index (χ1n) is 9.14. The van der Waals surface area contributed by atoms with Crippen molar-refractivity contribution < 1.29 is 14.3 Å². The van der Waals surface area contributed by atoms with Crippen molar-refractivity contribution in [3.8, 4) is 0 Å². The Morgan fingerprint density at radius 1 is 1.00 bits per heavy atom. The molecule has 0 radical (unpaired) electrons. The first kappa shape index (κ1) is 18.9. The average molecular weight is 406 g/mol. The van der Waals surface area contributed by atoms with Gasteiger partial charge in [0.2, 0.25) is 0 Å². The topological polar surface area (TPSA) is 38.8 Å². The molecule has 2 aromatic carbocycles. The summed E-state index contributed by atoms with van der Waals surface area (Å²) in [6.07, 6.45) is 1.71. The number of carbonyl (C=O) groups is 1. The van der Waals surface area contributed by atoms with Gasteiger partial charge in [0.15, 0.2) is 11.6 Å². The molecule has 2 heterocycles. The molecule has 0 aliphatic carbocycles. The Kier molecular flexibility index (Phi) is 5.53. The van der Waals surface area contributed by atoms with Crippen LogP contribution in [0.2, 0.25) is 10.0 Å². The smallest absolute Gasteiger partial charge is 0.193 e. The number of benzene rings is 2. The summed E-state index contributed by atoms with van der Waals surface area (Å²) in [7, 11) is 0. The second kappa shape index (κ2) is 7.90. The number of hydrogen-bond donors (Lipinski definition) is 0. The molecule has 4 rings (SSSR count). The molecule has 1 spiro atoms. The monoisotopic (exact) mass is 405 g/mol. The summed E-state index contributed by atoms with van der Waals surface area (Å²) in [5.74, 6) is -0.449. The molecule has 27 heavy (non-hydrogen) atoms. The Hall–Kier alpha value is -1.43. The van der Waals surface area contributed by atoms with Gasteiger partial charge in [-0.1, -0.05) is 47.5 Å². The van der Waals surface area contributed by atoms with E-state index in [2.05, 4.69) is 4.90 Å². The summed E-state index contributed by atoms with van der Waals surface area (Å²) in [6.45, 7) is 3.84. The molecule has 2 fully saturated rings. The minimum absolute atomic E-state index is 0.0639. The molecule has 142 valence electrons. The van der Waals surface area contributed by atoms with Crippen LogP contribution in [-0.2, 0) is 16.0 Å². The lowest BCUT2D eigenvalue weighted by molar-refractivity contribution is -0.185. The standard InChI is InChI=1S/C21H21Cl2NO3/c22-17-11-16(12-18(23)13-17)20(25)19-4-2-1-3-15(19)14-24-7-5-21(6-8-24)26-9-10-27-21/h1-4,11-13H,5-10,14H2. The van der Waals surface area contributed by atoms with Crippen molar-refractivity contribution in [2.75, 3.05) is 26.3 Å². The lowest BCUT2D eigenvalue weighted by Gasteiger charge is -2.37. The predicted molar refractivity (Wildman–Crippen MR) is 105 cm³/mol. The van der Waals surface area contributed by atoms with Gasteiger partial charge in [-0.25, -0.2) is 0 Å². The molecule has 2 aliphatic rings. The van der Waals surface area contributed by atoms with Crippen molar-refractivity contribution in [3.63, 3.8) is 0 Å². The third kappa shape index (κ3) is 4.20. The molecule has 0 saturated carbocycles. The Balaban J connectivity index is 1.50. The lowest BCUT2D eigenvalue weighted by atomic mass is 9.97. The Labute approximate surface area is 169 Å². The van der Waals surface area contributed by atoms with Crippen molar-refractivity contribution in [3.05, 3.63) is 69.2 Å². The van der Waals surface area contributed by atoms with Crippen LogP contribution in [0.25, 0.3) is 0 Å². The van der Waals surface area contributed by atoms with Crippen LogP contribution in [0.3, 0.4) is 0 Å². The van der Waals surface area contributed by atoms with Gasteiger partial charge in [-0.3, -0.25) is 9.69 Å². The predicted octanol–water partition coefficient (Wildman–Crippen LogP) is 4.56. The van der Waals surface area contributed by atoms with E-state index in [1.807, 2.05) is 24.3 Å². The van der Waals surface area contributed by atoms with Gasteiger partial charge in [-0.05, 0) is 23.8 Å². The maximum Gasteiger partial charge on any atom is 0.193 e. The number of ketones is 1. The maximum absolute atomic E-state index is 13.0. The average Bonchev–Trinajstić information content (AvgIpc) is 3.11. The van der Waals surface area contributed by atoms with Gasteiger partial charge < -0.3 is 9.47 Å². The summed E-state index contributed by atoms with van der Waals surface area (Å²) < 4.78 is 11.6. The van der Waals surface area contributed by atoms with Crippen LogP contribution in [0.1, 0.15) is 34.3 Å². The van der Waals surface area contributed by atoms with Gasteiger partial charge in [0.25, 0.3) is 0 Å². The van der Waals surface area contributed by atoms with Crippen molar-refractivity contribution >= 4 is 29.0 Å². The largest absolute Gasteiger partial charge is 0.347 e. The van der Waals surface area contributed by atoms with Gasteiger partial charge in [-0.2, -0.15) is 0 Å². The number of likely N-dealkylation sites (tertiary alicyclic amines) is 1. The quantitative estimate of drug-likeness (QED) is 0.698. The molecule has 0 aromatic heterocycles. The van der Waals surface area contributed by atoms with Crippen LogP contribution < -0.4 is 0 Å². The SMILES string of the molecule is O=C(c1cc(Cl)cc(Cl)c1)c1ccccc1CN1CCC2(CC1)OCCO2. The summed E-state index contributed by atoms with van der Waals surface area (Å²) in [6, 6.07) is 12.7. The summed E-state index contributed by atoms with van der Waals surface area (Å²) in [4.78, 5) is 15.4. The van der Waals surface area contributed by atoms with Crippen LogP contribution in [0.4, 0.5) is 0 Å². The zero-order chi connectivity index (χ0) is 18.9. The summed E-state index contributed by atoms with van der Waals surface area (Å²) in [5.41, 5.74) is 2.19. The van der Waals surface area contributed by atoms with Crippen LogP contribution in [0.15, 0.2) is 42.5 Å². The molecular formula is C21H21Cl2NO3. The fraction of sp³-hybridized carbons (Fsp3) is 0.381. The normalized spacial score (nSPS) is 19.5. The maximum atomic E-state index is 13.0. The molecule has 0 bridgehead atoms. The van der Waals surface area contributed by atoms with Gasteiger partial charge in [-0.15, -0.1) is 0 Å². The lowest BCUT2D eigenvalue weighted by Crippen LogP contribution is -2.44. The molecule has 6 heteroatoms. The number of nitrogens with zero attached hydrogens (tertiary/aromatic N) is 1. The number of hydrogen-bond acceptors (Lipinski definition) is 4. The molecule has 2 aliphatic heterocycles. The highest BCUT2D eigenvalue weighted by atomic mass is 35.5. The summed E-state index contributed by atoms with van der Waals surface area (Å²) in [5, 5.41) is 0.919. The number of carbonyl (C=O) groups excluding carboxylic acids is 1. The van der Waals surface area contributed by atoms with Crippen molar-refractivity contribution in [1.82, 2.24) is 4.90 Å². The van der Waals surface area contributed by atoms with E-state index in [1.165, 1.54) is 0 Å². The van der Waals surface area contributed by atoms with Crippen LogP contribution in [-0.4, -0.2) is 42.8 Å². The number of ether oxygens (including phenoxy) is 2. The van der Waals surface area contributed by atoms with E-state index >= 15 is 0 Å². The Morgan fingerprint density at radius 2 is 1.63 bits per heavy atom. The molecule has 2 saturated heterocycles. The Morgan fingerprint density at radius 3 is 2.30 bits per heavy atom. The van der Waals surface area contributed by atoms with Crippen molar-refractivity contribution in [2.45, 2.75) is 25.2 Å². The van der Waals surface area contributed by atoms with E-state index in [0.29, 0.717) is 40.9 Å². The molecule has 4 nitrogen and oxygen atoms in total. The van der Waals surface area contributed by atoms with Gasteiger partial charge in [0.05, 0.1) is 13.2 Å². The van der Waals surface area contributed by atoms with Crippen LogP contribution >= 0.6 is 23.2 Å². The molecule has 2 aromatic rings. The Bertz CT molecular complexity index is 819. The second-order valence-corrected chi connectivity index (χ2v) is 7.90. The highest BCUT2D eigenvalue weighted by Gasteiger charge is 2.39. The fourth-order valence-electron chi connectivity index (χ4n) is 3.80. The molecule has 0 unspecified atom stereocenters. The zero-order valence-electron chi connectivity index (χ0n) is 14.9. The molecule has 0 amide bonds. The van der Waals surface area contributed by atoms with Gasteiger partial charge in [0.1, 0.15) is 0 Å². The van der Waals surface area contributed by atoms with E-state index in [9.17, 15) is 4.79 Å². The fourth-order valence-corrected chi connectivity index (χ4v) is 4.32.